The quantitative estimate of drug-likeness (QED) is 0.608. The topological polar surface area (TPSA) is 44.1 Å². The first-order valence-electron chi connectivity index (χ1n) is 8.59. The van der Waals surface area contributed by atoms with Crippen molar-refractivity contribution >= 4 is 5.97 Å². The predicted molar refractivity (Wildman–Crippen MR) is 98.0 cm³/mol. The Hall–Kier alpha value is -2.88. The van der Waals surface area contributed by atoms with Crippen LogP contribution in [0.15, 0.2) is 67.3 Å². The number of nitrogens with zero attached hydrogens (tertiary/aromatic N) is 2. The summed E-state index contributed by atoms with van der Waals surface area (Å²) in [7, 11) is 0. The summed E-state index contributed by atoms with van der Waals surface area (Å²) in [5.41, 5.74) is 4.22. The lowest BCUT2D eigenvalue weighted by molar-refractivity contribution is 0.0505. The van der Waals surface area contributed by atoms with E-state index in [1.165, 1.54) is 11.1 Å². The Labute approximate surface area is 148 Å². The van der Waals surface area contributed by atoms with Gasteiger partial charge in [-0.1, -0.05) is 31.2 Å². The molecule has 3 rings (SSSR count). The molecule has 0 amide bonds. The number of esters is 1. The van der Waals surface area contributed by atoms with Gasteiger partial charge in [0.15, 0.2) is 0 Å². The maximum Gasteiger partial charge on any atom is 0.338 e. The van der Waals surface area contributed by atoms with E-state index in [9.17, 15) is 4.79 Å². The summed E-state index contributed by atoms with van der Waals surface area (Å²) in [5, 5.41) is 0. The van der Waals surface area contributed by atoms with Crippen molar-refractivity contribution in [2.24, 2.45) is 0 Å². The summed E-state index contributed by atoms with van der Waals surface area (Å²) >= 11 is 0. The van der Waals surface area contributed by atoms with Crippen LogP contribution in [0, 0.1) is 0 Å². The van der Waals surface area contributed by atoms with E-state index in [1.807, 2.05) is 42.0 Å². The van der Waals surface area contributed by atoms with Crippen LogP contribution < -0.4 is 0 Å². The van der Waals surface area contributed by atoms with Crippen LogP contribution >= 0.6 is 0 Å². The molecule has 0 unspecified atom stereocenters. The first-order valence-corrected chi connectivity index (χ1v) is 8.59. The Morgan fingerprint density at radius 3 is 2.20 bits per heavy atom. The Balaban J connectivity index is 1.55. The fourth-order valence-electron chi connectivity index (χ4n) is 2.62. The van der Waals surface area contributed by atoms with Crippen molar-refractivity contribution in [3.05, 3.63) is 83.9 Å². The average molecular weight is 334 g/mol. The molecule has 0 aliphatic carbocycles. The fraction of sp³-hybridized carbons (Fsp3) is 0.238. The number of ether oxygens (including phenoxy) is 1. The van der Waals surface area contributed by atoms with Gasteiger partial charge in [0.05, 0.1) is 18.5 Å². The molecule has 4 nitrogen and oxygen atoms in total. The van der Waals surface area contributed by atoms with E-state index >= 15 is 0 Å². The Kier molecular flexibility index (Phi) is 5.62. The SMILES string of the molecule is CCCOC(=O)c1ccc(CCc2ccc(-n3ccnc3)cc2)cc1. The molecule has 2 aromatic carbocycles. The van der Waals surface area contributed by atoms with Crippen LogP contribution in [0.5, 0.6) is 0 Å². The second kappa shape index (κ2) is 8.29. The van der Waals surface area contributed by atoms with Crippen LogP contribution in [-0.2, 0) is 17.6 Å². The zero-order valence-electron chi connectivity index (χ0n) is 14.4. The molecule has 1 aromatic heterocycles. The number of hydrogen-bond acceptors (Lipinski definition) is 3. The molecule has 0 aliphatic rings. The normalized spacial score (nSPS) is 10.6. The number of carbonyl (C=O) groups excluding carboxylic acids is 1. The van der Waals surface area contributed by atoms with Gasteiger partial charge in [0.2, 0.25) is 0 Å². The van der Waals surface area contributed by atoms with Gasteiger partial charge in [-0.15, -0.1) is 0 Å². The van der Waals surface area contributed by atoms with E-state index < -0.39 is 0 Å². The van der Waals surface area contributed by atoms with E-state index in [1.54, 1.807) is 12.5 Å². The summed E-state index contributed by atoms with van der Waals surface area (Å²) < 4.78 is 7.13. The number of benzene rings is 2. The van der Waals surface area contributed by atoms with Crippen molar-refractivity contribution in [1.82, 2.24) is 9.55 Å². The predicted octanol–water partition coefficient (Wildman–Crippen LogP) is 4.22. The highest BCUT2D eigenvalue weighted by Gasteiger charge is 2.06. The highest BCUT2D eigenvalue weighted by Crippen LogP contribution is 2.13. The Morgan fingerprint density at radius 1 is 1.00 bits per heavy atom. The van der Waals surface area contributed by atoms with E-state index in [2.05, 4.69) is 29.2 Å². The first-order chi connectivity index (χ1) is 12.3. The van der Waals surface area contributed by atoms with Crippen molar-refractivity contribution < 1.29 is 9.53 Å². The Morgan fingerprint density at radius 2 is 1.64 bits per heavy atom. The van der Waals surface area contributed by atoms with Gasteiger partial charge in [0.25, 0.3) is 0 Å². The number of aromatic nitrogens is 2. The monoisotopic (exact) mass is 334 g/mol. The summed E-state index contributed by atoms with van der Waals surface area (Å²) in [6.45, 7) is 2.45. The highest BCUT2D eigenvalue weighted by atomic mass is 16.5. The van der Waals surface area contributed by atoms with Gasteiger partial charge in [-0.05, 0) is 54.7 Å². The summed E-state index contributed by atoms with van der Waals surface area (Å²) in [6.07, 6.45) is 8.24. The van der Waals surface area contributed by atoms with Crippen molar-refractivity contribution in [3.8, 4) is 5.69 Å². The van der Waals surface area contributed by atoms with Crippen LogP contribution in [0.1, 0.15) is 34.8 Å². The van der Waals surface area contributed by atoms with E-state index in [4.69, 9.17) is 4.74 Å². The largest absolute Gasteiger partial charge is 0.462 e. The number of rotatable bonds is 7. The van der Waals surface area contributed by atoms with Gasteiger partial charge >= 0.3 is 5.97 Å². The average Bonchev–Trinajstić information content (AvgIpc) is 3.20. The number of aryl methyl sites for hydroxylation is 2. The number of imidazole rings is 1. The molecule has 0 fully saturated rings. The molecule has 0 N–H and O–H groups in total. The molecule has 0 atom stereocenters. The fourth-order valence-corrected chi connectivity index (χ4v) is 2.62. The molecule has 0 radical (unpaired) electrons. The second-order valence-electron chi connectivity index (χ2n) is 5.97. The van der Waals surface area contributed by atoms with Crippen LogP contribution in [0.2, 0.25) is 0 Å². The minimum absolute atomic E-state index is 0.247. The molecule has 3 aromatic rings. The lowest BCUT2D eigenvalue weighted by Crippen LogP contribution is -2.05. The van der Waals surface area contributed by atoms with Crippen LogP contribution in [-0.4, -0.2) is 22.1 Å². The van der Waals surface area contributed by atoms with Gasteiger partial charge in [0, 0.05) is 18.1 Å². The van der Waals surface area contributed by atoms with Crippen molar-refractivity contribution in [2.45, 2.75) is 26.2 Å². The number of carbonyl (C=O) groups is 1. The third kappa shape index (κ3) is 4.57. The minimum atomic E-state index is -0.247. The zero-order chi connectivity index (χ0) is 17.5. The van der Waals surface area contributed by atoms with E-state index in [-0.39, 0.29) is 5.97 Å². The lowest BCUT2D eigenvalue weighted by atomic mass is 10.0. The molecule has 0 saturated heterocycles. The molecular weight excluding hydrogens is 312 g/mol. The lowest BCUT2D eigenvalue weighted by Gasteiger charge is -2.06. The molecule has 4 heteroatoms. The molecular formula is C21H22N2O2. The summed E-state index contributed by atoms with van der Waals surface area (Å²) in [4.78, 5) is 15.9. The maximum atomic E-state index is 11.8. The van der Waals surface area contributed by atoms with Gasteiger partial charge in [-0.3, -0.25) is 0 Å². The molecule has 0 bridgehead atoms. The molecule has 0 saturated carbocycles. The van der Waals surface area contributed by atoms with Gasteiger partial charge < -0.3 is 9.30 Å². The summed E-state index contributed by atoms with van der Waals surface area (Å²) in [6, 6.07) is 16.2. The van der Waals surface area contributed by atoms with Crippen molar-refractivity contribution in [1.29, 1.82) is 0 Å². The second-order valence-corrected chi connectivity index (χ2v) is 5.97. The molecule has 128 valence electrons. The zero-order valence-corrected chi connectivity index (χ0v) is 14.4. The van der Waals surface area contributed by atoms with E-state index in [0.29, 0.717) is 12.2 Å². The third-order valence-electron chi connectivity index (χ3n) is 4.07. The molecule has 0 spiro atoms. The highest BCUT2D eigenvalue weighted by molar-refractivity contribution is 5.89. The van der Waals surface area contributed by atoms with E-state index in [0.717, 1.165) is 24.9 Å². The third-order valence-corrected chi connectivity index (χ3v) is 4.07. The molecule has 0 aliphatic heterocycles. The van der Waals surface area contributed by atoms with Crippen LogP contribution in [0.4, 0.5) is 0 Å². The van der Waals surface area contributed by atoms with Crippen molar-refractivity contribution in [2.75, 3.05) is 6.61 Å². The smallest absolute Gasteiger partial charge is 0.338 e. The molecule has 1 heterocycles. The summed E-state index contributed by atoms with van der Waals surface area (Å²) in [5.74, 6) is -0.247. The van der Waals surface area contributed by atoms with Crippen LogP contribution in [0.3, 0.4) is 0 Å². The standard InChI is InChI=1S/C21H22N2O2/c1-2-15-25-21(24)19-9-5-17(6-10-19)3-4-18-7-11-20(12-8-18)23-14-13-22-16-23/h5-14,16H,2-4,15H2,1H3. The van der Waals surface area contributed by atoms with Crippen LogP contribution in [0.25, 0.3) is 5.69 Å². The Bertz CT molecular complexity index is 791. The first kappa shape index (κ1) is 17.0. The van der Waals surface area contributed by atoms with Gasteiger partial charge in [0.1, 0.15) is 0 Å². The number of hydrogen-bond donors (Lipinski definition) is 0. The van der Waals surface area contributed by atoms with Gasteiger partial charge in [-0.2, -0.15) is 0 Å². The minimum Gasteiger partial charge on any atom is -0.462 e. The van der Waals surface area contributed by atoms with Gasteiger partial charge in [-0.25, -0.2) is 9.78 Å². The molecule has 25 heavy (non-hydrogen) atoms. The maximum absolute atomic E-state index is 11.8. The van der Waals surface area contributed by atoms with Crippen molar-refractivity contribution in [3.63, 3.8) is 0 Å².